The first-order valence-electron chi connectivity index (χ1n) is 11.8. The molecule has 0 saturated carbocycles. The molecule has 0 spiro atoms. The standard InChI is InChI=1S/C23H44O4.C2H4/c1-22(2,16-24)14-6-9-20-11-10-18(26-20)7-5-8-19-12-13-21(27-19)15-23(3,4)17-25;1-2/h18-21,24-25H,5-17H2,1-4H3;1-2H2. The van der Waals surface area contributed by atoms with Gasteiger partial charge in [-0.2, -0.15) is 0 Å². The lowest BCUT2D eigenvalue weighted by Gasteiger charge is -2.25. The summed E-state index contributed by atoms with van der Waals surface area (Å²) in [6, 6.07) is 0. The molecule has 0 radical (unpaired) electrons. The van der Waals surface area contributed by atoms with Crippen LogP contribution in [0.1, 0.15) is 98.3 Å². The van der Waals surface area contributed by atoms with Crippen LogP contribution in [0.5, 0.6) is 0 Å². The van der Waals surface area contributed by atoms with Crippen LogP contribution in [-0.2, 0) is 9.47 Å². The average molecular weight is 413 g/mol. The smallest absolute Gasteiger partial charge is 0.0585 e. The van der Waals surface area contributed by atoms with E-state index in [0.717, 1.165) is 44.9 Å². The van der Waals surface area contributed by atoms with Gasteiger partial charge in [-0.25, -0.2) is 0 Å². The van der Waals surface area contributed by atoms with E-state index >= 15 is 0 Å². The highest BCUT2D eigenvalue weighted by Crippen LogP contribution is 2.33. The van der Waals surface area contributed by atoms with Gasteiger partial charge in [0.05, 0.1) is 24.4 Å². The molecule has 2 aliphatic heterocycles. The fourth-order valence-corrected chi connectivity index (χ4v) is 4.49. The maximum absolute atomic E-state index is 9.43. The van der Waals surface area contributed by atoms with Crippen LogP contribution in [0.2, 0.25) is 0 Å². The maximum atomic E-state index is 9.43. The number of aliphatic hydroxyl groups excluding tert-OH is 2. The third-order valence-electron chi connectivity index (χ3n) is 6.46. The van der Waals surface area contributed by atoms with E-state index in [0.29, 0.717) is 24.4 Å². The van der Waals surface area contributed by atoms with Gasteiger partial charge in [-0.05, 0) is 75.0 Å². The molecular formula is C25H48O4. The molecule has 4 unspecified atom stereocenters. The Kier molecular flexibility index (Phi) is 12.0. The summed E-state index contributed by atoms with van der Waals surface area (Å²) in [5, 5.41) is 18.8. The van der Waals surface area contributed by atoms with Crippen molar-refractivity contribution in [3.63, 3.8) is 0 Å². The molecule has 29 heavy (non-hydrogen) atoms. The first kappa shape index (κ1) is 26.6. The minimum Gasteiger partial charge on any atom is -0.396 e. The summed E-state index contributed by atoms with van der Waals surface area (Å²) in [6.45, 7) is 15.0. The van der Waals surface area contributed by atoms with Gasteiger partial charge in [-0.3, -0.25) is 0 Å². The van der Waals surface area contributed by atoms with Crippen molar-refractivity contribution in [1.82, 2.24) is 0 Å². The van der Waals surface area contributed by atoms with Crippen LogP contribution in [0.3, 0.4) is 0 Å². The topological polar surface area (TPSA) is 58.9 Å². The van der Waals surface area contributed by atoms with E-state index in [2.05, 4.69) is 40.9 Å². The molecule has 4 nitrogen and oxygen atoms in total. The molecule has 0 aromatic carbocycles. The molecule has 2 heterocycles. The summed E-state index contributed by atoms with van der Waals surface area (Å²) in [7, 11) is 0. The summed E-state index contributed by atoms with van der Waals surface area (Å²) < 4.78 is 12.5. The van der Waals surface area contributed by atoms with Crippen molar-refractivity contribution in [3.05, 3.63) is 13.2 Å². The number of hydrogen-bond donors (Lipinski definition) is 2. The second-order valence-corrected chi connectivity index (χ2v) is 10.6. The van der Waals surface area contributed by atoms with Crippen LogP contribution in [0.25, 0.3) is 0 Å². The van der Waals surface area contributed by atoms with Gasteiger partial charge in [0.25, 0.3) is 0 Å². The highest BCUT2D eigenvalue weighted by molar-refractivity contribution is 4.81. The van der Waals surface area contributed by atoms with E-state index in [1.165, 1.54) is 25.7 Å². The van der Waals surface area contributed by atoms with Gasteiger partial charge in [-0.15, -0.1) is 13.2 Å². The van der Waals surface area contributed by atoms with Crippen LogP contribution in [0.4, 0.5) is 0 Å². The lowest BCUT2D eigenvalue weighted by Crippen LogP contribution is -2.24. The van der Waals surface area contributed by atoms with Crippen molar-refractivity contribution in [2.75, 3.05) is 13.2 Å². The molecule has 0 amide bonds. The number of ether oxygens (including phenoxy) is 2. The van der Waals surface area contributed by atoms with Crippen molar-refractivity contribution in [2.45, 2.75) is 123 Å². The maximum Gasteiger partial charge on any atom is 0.0585 e. The Hall–Kier alpha value is -0.420. The molecule has 0 aliphatic carbocycles. The Labute approximate surface area is 180 Å². The fourth-order valence-electron chi connectivity index (χ4n) is 4.49. The summed E-state index contributed by atoms with van der Waals surface area (Å²) >= 11 is 0. The van der Waals surface area contributed by atoms with Gasteiger partial charge in [0.2, 0.25) is 0 Å². The number of aliphatic hydroxyl groups is 2. The van der Waals surface area contributed by atoms with E-state index in [-0.39, 0.29) is 24.0 Å². The van der Waals surface area contributed by atoms with Crippen molar-refractivity contribution >= 4 is 0 Å². The second-order valence-electron chi connectivity index (χ2n) is 10.6. The van der Waals surface area contributed by atoms with Crippen molar-refractivity contribution < 1.29 is 19.7 Å². The van der Waals surface area contributed by atoms with Crippen molar-refractivity contribution in [2.24, 2.45) is 10.8 Å². The molecule has 4 heteroatoms. The predicted octanol–water partition coefficient (Wildman–Crippen LogP) is 5.65. The van der Waals surface area contributed by atoms with Gasteiger partial charge < -0.3 is 19.7 Å². The Bertz CT molecular complexity index is 435. The largest absolute Gasteiger partial charge is 0.396 e. The average Bonchev–Trinajstić information content (AvgIpc) is 3.32. The summed E-state index contributed by atoms with van der Waals surface area (Å²) in [5.41, 5.74) is 0.0161. The zero-order valence-electron chi connectivity index (χ0n) is 19.6. The van der Waals surface area contributed by atoms with E-state index < -0.39 is 0 Å². The molecular weight excluding hydrogens is 364 g/mol. The first-order chi connectivity index (χ1) is 13.7. The third kappa shape index (κ3) is 10.4. The third-order valence-corrected chi connectivity index (χ3v) is 6.46. The molecule has 2 saturated heterocycles. The molecule has 2 fully saturated rings. The summed E-state index contributed by atoms with van der Waals surface area (Å²) in [5.74, 6) is 0. The van der Waals surface area contributed by atoms with E-state index in [4.69, 9.17) is 9.47 Å². The van der Waals surface area contributed by atoms with E-state index in [9.17, 15) is 10.2 Å². The normalized spacial score (nSPS) is 27.7. The molecule has 0 aromatic heterocycles. The quantitative estimate of drug-likeness (QED) is 0.407. The first-order valence-corrected chi connectivity index (χ1v) is 11.8. The van der Waals surface area contributed by atoms with Crippen LogP contribution >= 0.6 is 0 Å². The van der Waals surface area contributed by atoms with Gasteiger partial charge in [0, 0.05) is 13.2 Å². The number of hydrogen-bond acceptors (Lipinski definition) is 4. The van der Waals surface area contributed by atoms with Crippen LogP contribution < -0.4 is 0 Å². The molecule has 2 N–H and O–H groups in total. The fraction of sp³-hybridized carbons (Fsp3) is 0.920. The lowest BCUT2D eigenvalue weighted by molar-refractivity contribution is -0.000347. The second kappa shape index (κ2) is 13.1. The van der Waals surface area contributed by atoms with E-state index in [1.807, 2.05) is 0 Å². The highest BCUT2D eigenvalue weighted by atomic mass is 16.5. The van der Waals surface area contributed by atoms with E-state index in [1.54, 1.807) is 0 Å². The van der Waals surface area contributed by atoms with Crippen molar-refractivity contribution in [1.29, 1.82) is 0 Å². The summed E-state index contributed by atoms with van der Waals surface area (Å²) in [6.07, 6.45) is 14.1. The molecule has 172 valence electrons. The monoisotopic (exact) mass is 412 g/mol. The van der Waals surface area contributed by atoms with Crippen molar-refractivity contribution in [3.8, 4) is 0 Å². The Balaban J connectivity index is 0.00000204. The van der Waals surface area contributed by atoms with Crippen LogP contribution in [-0.4, -0.2) is 47.8 Å². The molecule has 0 aromatic rings. The highest BCUT2D eigenvalue weighted by Gasteiger charge is 2.31. The molecule has 0 bridgehead atoms. The Morgan fingerprint density at radius 2 is 1.10 bits per heavy atom. The van der Waals surface area contributed by atoms with Gasteiger partial charge in [0.15, 0.2) is 0 Å². The van der Waals surface area contributed by atoms with Gasteiger partial charge in [0.1, 0.15) is 0 Å². The van der Waals surface area contributed by atoms with Crippen LogP contribution in [0, 0.1) is 10.8 Å². The predicted molar refractivity (Wildman–Crippen MR) is 121 cm³/mol. The SMILES string of the molecule is C=C.CC(C)(CO)CCCC1CCC(CCCC2CCC(CC(C)(C)CO)O2)O1. The zero-order valence-corrected chi connectivity index (χ0v) is 19.6. The van der Waals surface area contributed by atoms with Gasteiger partial charge >= 0.3 is 0 Å². The molecule has 2 rings (SSSR count). The zero-order chi connectivity index (χ0) is 21.9. The lowest BCUT2D eigenvalue weighted by atomic mass is 9.87. The van der Waals surface area contributed by atoms with Gasteiger partial charge in [-0.1, -0.05) is 34.1 Å². The summed E-state index contributed by atoms with van der Waals surface area (Å²) in [4.78, 5) is 0. The molecule has 2 aliphatic rings. The molecule has 4 atom stereocenters. The minimum atomic E-state index is -0.0291. The minimum absolute atomic E-state index is 0.0291. The Morgan fingerprint density at radius 1 is 0.690 bits per heavy atom. The van der Waals surface area contributed by atoms with Crippen LogP contribution in [0.15, 0.2) is 13.2 Å². The number of rotatable bonds is 12. The Morgan fingerprint density at radius 3 is 1.59 bits per heavy atom.